The average Bonchev–Trinajstić information content (AvgIpc) is 3.06. The number of oxazole rings is 1. The Morgan fingerprint density at radius 3 is 2.68 bits per heavy atom. The second-order valence-corrected chi connectivity index (χ2v) is 5.85. The van der Waals surface area contributed by atoms with E-state index < -0.39 is 0 Å². The van der Waals surface area contributed by atoms with Gasteiger partial charge in [-0.3, -0.25) is 4.79 Å². The zero-order chi connectivity index (χ0) is 17.6. The number of rotatable bonds is 6. The zero-order valence-corrected chi connectivity index (χ0v) is 14.0. The summed E-state index contributed by atoms with van der Waals surface area (Å²) in [5.74, 6) is 0.129. The highest BCUT2D eigenvalue weighted by Crippen LogP contribution is 2.19. The fourth-order valence-electron chi connectivity index (χ4n) is 2.52. The van der Waals surface area contributed by atoms with E-state index in [1.807, 2.05) is 31.2 Å². The van der Waals surface area contributed by atoms with Gasteiger partial charge in [0.15, 0.2) is 0 Å². The van der Waals surface area contributed by atoms with Gasteiger partial charge in [-0.2, -0.15) is 0 Å². The number of aryl methyl sites for hydroxylation is 1. The van der Waals surface area contributed by atoms with Crippen molar-refractivity contribution in [2.45, 2.75) is 19.8 Å². The van der Waals surface area contributed by atoms with Crippen LogP contribution in [0.4, 0.5) is 4.39 Å². The Kier molecular flexibility index (Phi) is 5.23. The second-order valence-electron chi connectivity index (χ2n) is 5.85. The Balaban J connectivity index is 1.50. The molecule has 3 aromatic rings. The van der Waals surface area contributed by atoms with Crippen LogP contribution in [0.3, 0.4) is 0 Å². The van der Waals surface area contributed by atoms with Gasteiger partial charge in [-0.15, -0.1) is 0 Å². The van der Waals surface area contributed by atoms with Crippen molar-refractivity contribution in [1.29, 1.82) is 0 Å². The predicted molar refractivity (Wildman–Crippen MR) is 93.5 cm³/mol. The third-order valence-electron chi connectivity index (χ3n) is 3.96. The van der Waals surface area contributed by atoms with Gasteiger partial charge in [-0.05, 0) is 42.3 Å². The van der Waals surface area contributed by atoms with Gasteiger partial charge >= 0.3 is 0 Å². The lowest BCUT2D eigenvalue weighted by Crippen LogP contribution is -2.27. The number of hydrogen-bond donors (Lipinski definition) is 1. The standard InChI is InChI=1S/C20H19FN2O2/c1-14-4-2-3-5-16(14)12-19(24)22-11-10-18-13-25-20(23-18)15-6-8-17(21)9-7-15/h2-9,13H,10-12H2,1H3,(H,22,24). The van der Waals surface area contributed by atoms with Crippen LogP contribution >= 0.6 is 0 Å². The molecule has 3 rings (SSSR count). The van der Waals surface area contributed by atoms with E-state index in [2.05, 4.69) is 10.3 Å². The van der Waals surface area contributed by atoms with Gasteiger partial charge in [0.1, 0.15) is 12.1 Å². The molecule has 0 fully saturated rings. The molecule has 4 nitrogen and oxygen atoms in total. The van der Waals surface area contributed by atoms with Crippen LogP contribution < -0.4 is 5.32 Å². The van der Waals surface area contributed by atoms with Crippen molar-refractivity contribution in [3.63, 3.8) is 0 Å². The molecule has 0 aliphatic rings. The van der Waals surface area contributed by atoms with Crippen LogP contribution in [-0.2, 0) is 17.6 Å². The highest BCUT2D eigenvalue weighted by molar-refractivity contribution is 5.78. The lowest BCUT2D eigenvalue weighted by molar-refractivity contribution is -0.120. The quantitative estimate of drug-likeness (QED) is 0.746. The molecule has 1 N–H and O–H groups in total. The molecule has 0 aliphatic carbocycles. The summed E-state index contributed by atoms with van der Waals surface area (Å²) in [4.78, 5) is 16.4. The lowest BCUT2D eigenvalue weighted by atomic mass is 10.1. The molecule has 1 amide bonds. The van der Waals surface area contributed by atoms with Crippen LogP contribution in [0.2, 0.25) is 0 Å². The number of aromatic nitrogens is 1. The molecule has 1 aromatic heterocycles. The van der Waals surface area contributed by atoms with Crippen molar-refractivity contribution >= 4 is 5.91 Å². The zero-order valence-electron chi connectivity index (χ0n) is 14.0. The van der Waals surface area contributed by atoms with Crippen LogP contribution in [0.5, 0.6) is 0 Å². The Hall–Kier alpha value is -2.95. The van der Waals surface area contributed by atoms with Gasteiger partial charge in [-0.25, -0.2) is 9.37 Å². The maximum atomic E-state index is 12.9. The maximum absolute atomic E-state index is 12.9. The molecule has 0 unspecified atom stereocenters. The summed E-state index contributed by atoms with van der Waals surface area (Å²) < 4.78 is 18.4. The molecule has 128 valence electrons. The summed E-state index contributed by atoms with van der Waals surface area (Å²) >= 11 is 0. The van der Waals surface area contributed by atoms with E-state index in [1.54, 1.807) is 18.4 Å². The van der Waals surface area contributed by atoms with E-state index in [0.717, 1.165) is 22.4 Å². The SMILES string of the molecule is Cc1ccccc1CC(=O)NCCc1coc(-c2ccc(F)cc2)n1. The first kappa shape index (κ1) is 16.9. The van der Waals surface area contributed by atoms with E-state index in [1.165, 1.54) is 12.1 Å². The van der Waals surface area contributed by atoms with Crippen molar-refractivity contribution in [2.24, 2.45) is 0 Å². The molecule has 2 aromatic carbocycles. The van der Waals surface area contributed by atoms with Gasteiger partial charge in [-0.1, -0.05) is 24.3 Å². The number of benzene rings is 2. The number of carbonyl (C=O) groups is 1. The topological polar surface area (TPSA) is 55.1 Å². The molecule has 0 bridgehead atoms. The van der Waals surface area contributed by atoms with E-state index in [-0.39, 0.29) is 11.7 Å². The van der Waals surface area contributed by atoms with Crippen LogP contribution in [0.15, 0.2) is 59.2 Å². The van der Waals surface area contributed by atoms with Crippen molar-refractivity contribution in [2.75, 3.05) is 6.54 Å². The monoisotopic (exact) mass is 338 g/mol. The van der Waals surface area contributed by atoms with Gasteiger partial charge < -0.3 is 9.73 Å². The average molecular weight is 338 g/mol. The first-order chi connectivity index (χ1) is 12.1. The van der Waals surface area contributed by atoms with Crippen molar-refractivity contribution in [1.82, 2.24) is 10.3 Å². The molecule has 0 atom stereocenters. The maximum Gasteiger partial charge on any atom is 0.226 e. The largest absolute Gasteiger partial charge is 0.444 e. The van der Waals surface area contributed by atoms with Crippen LogP contribution in [0.1, 0.15) is 16.8 Å². The van der Waals surface area contributed by atoms with Crippen molar-refractivity contribution < 1.29 is 13.6 Å². The number of nitrogens with one attached hydrogen (secondary N) is 1. The number of hydrogen-bond acceptors (Lipinski definition) is 3. The van der Waals surface area contributed by atoms with E-state index in [4.69, 9.17) is 4.42 Å². The fraction of sp³-hybridized carbons (Fsp3) is 0.200. The minimum absolute atomic E-state index is 0.0171. The van der Waals surface area contributed by atoms with Crippen molar-refractivity contribution in [3.05, 3.63) is 77.4 Å². The number of halogens is 1. The lowest BCUT2D eigenvalue weighted by Gasteiger charge is -2.06. The van der Waals surface area contributed by atoms with Crippen LogP contribution in [0, 0.1) is 12.7 Å². The van der Waals surface area contributed by atoms with Crippen LogP contribution in [-0.4, -0.2) is 17.4 Å². The Labute approximate surface area is 145 Å². The van der Waals surface area contributed by atoms with Gasteiger partial charge in [0, 0.05) is 18.5 Å². The molecule has 0 spiro atoms. The van der Waals surface area contributed by atoms with E-state index in [9.17, 15) is 9.18 Å². The summed E-state index contributed by atoms with van der Waals surface area (Å²) in [5, 5.41) is 2.89. The van der Waals surface area contributed by atoms with Gasteiger partial charge in [0.2, 0.25) is 11.8 Å². The first-order valence-corrected chi connectivity index (χ1v) is 8.13. The third kappa shape index (κ3) is 4.53. The highest BCUT2D eigenvalue weighted by atomic mass is 19.1. The van der Waals surface area contributed by atoms with Crippen molar-refractivity contribution in [3.8, 4) is 11.5 Å². The number of carbonyl (C=O) groups excluding carboxylic acids is 1. The Bertz CT molecular complexity index is 856. The molecule has 25 heavy (non-hydrogen) atoms. The summed E-state index contributed by atoms with van der Waals surface area (Å²) in [5.41, 5.74) is 3.60. The number of amides is 1. The summed E-state index contributed by atoms with van der Waals surface area (Å²) in [7, 11) is 0. The second kappa shape index (κ2) is 7.75. The summed E-state index contributed by atoms with van der Waals surface area (Å²) in [6.07, 6.45) is 2.50. The summed E-state index contributed by atoms with van der Waals surface area (Å²) in [6.45, 7) is 2.48. The predicted octanol–water partition coefficient (Wildman–Crippen LogP) is 3.69. The minimum atomic E-state index is -0.299. The van der Waals surface area contributed by atoms with E-state index >= 15 is 0 Å². The van der Waals surface area contributed by atoms with Gasteiger partial charge in [0.05, 0.1) is 12.1 Å². The molecule has 0 aliphatic heterocycles. The molecule has 5 heteroatoms. The minimum Gasteiger partial charge on any atom is -0.444 e. The normalized spacial score (nSPS) is 10.6. The fourth-order valence-corrected chi connectivity index (χ4v) is 2.52. The molecule has 1 heterocycles. The highest BCUT2D eigenvalue weighted by Gasteiger charge is 2.08. The summed E-state index contributed by atoms with van der Waals surface area (Å²) in [6, 6.07) is 13.8. The Morgan fingerprint density at radius 1 is 1.16 bits per heavy atom. The number of nitrogens with zero attached hydrogens (tertiary/aromatic N) is 1. The molecule has 0 radical (unpaired) electrons. The molecular weight excluding hydrogens is 319 g/mol. The molecule has 0 saturated carbocycles. The van der Waals surface area contributed by atoms with Crippen LogP contribution in [0.25, 0.3) is 11.5 Å². The first-order valence-electron chi connectivity index (χ1n) is 8.13. The smallest absolute Gasteiger partial charge is 0.226 e. The third-order valence-corrected chi connectivity index (χ3v) is 3.96. The Morgan fingerprint density at radius 2 is 1.92 bits per heavy atom. The molecular formula is C20H19FN2O2. The van der Waals surface area contributed by atoms with Gasteiger partial charge in [0.25, 0.3) is 0 Å². The molecule has 0 saturated heterocycles. The van der Waals surface area contributed by atoms with E-state index in [0.29, 0.717) is 25.3 Å².